The SMILES string of the molecule is N#Cc1nccnc1N1CCN(C2CCCC2)CC1. The molecule has 0 aromatic carbocycles. The first-order valence-corrected chi connectivity index (χ1v) is 7.08. The van der Waals surface area contributed by atoms with Crippen LogP contribution in [0.25, 0.3) is 0 Å². The Hall–Kier alpha value is -1.67. The van der Waals surface area contributed by atoms with Crippen molar-refractivity contribution < 1.29 is 0 Å². The van der Waals surface area contributed by atoms with Gasteiger partial charge in [0.25, 0.3) is 0 Å². The van der Waals surface area contributed by atoms with E-state index >= 15 is 0 Å². The first-order valence-electron chi connectivity index (χ1n) is 7.08. The van der Waals surface area contributed by atoms with E-state index in [2.05, 4.69) is 25.8 Å². The van der Waals surface area contributed by atoms with Crippen LogP contribution in [0.3, 0.4) is 0 Å². The van der Waals surface area contributed by atoms with Gasteiger partial charge in [-0.2, -0.15) is 5.26 Å². The summed E-state index contributed by atoms with van der Waals surface area (Å²) in [6, 6.07) is 2.92. The van der Waals surface area contributed by atoms with Crippen molar-refractivity contribution in [3.05, 3.63) is 18.1 Å². The lowest BCUT2D eigenvalue weighted by atomic mass is 10.2. The molecule has 1 aliphatic heterocycles. The van der Waals surface area contributed by atoms with Gasteiger partial charge in [-0.1, -0.05) is 12.8 Å². The normalized spacial score (nSPS) is 21.5. The zero-order chi connectivity index (χ0) is 13.1. The van der Waals surface area contributed by atoms with Crippen LogP contribution in [-0.4, -0.2) is 47.1 Å². The molecule has 0 N–H and O–H groups in total. The summed E-state index contributed by atoms with van der Waals surface area (Å²) in [7, 11) is 0. The maximum Gasteiger partial charge on any atom is 0.183 e. The predicted molar refractivity (Wildman–Crippen MR) is 72.8 cm³/mol. The second kappa shape index (κ2) is 5.54. The molecule has 1 aromatic rings. The molecule has 0 unspecified atom stereocenters. The molecule has 1 aromatic heterocycles. The van der Waals surface area contributed by atoms with Gasteiger partial charge in [-0.15, -0.1) is 0 Å². The number of piperazine rings is 1. The topological polar surface area (TPSA) is 56.1 Å². The summed E-state index contributed by atoms with van der Waals surface area (Å²) in [5.41, 5.74) is 0.441. The molecule has 100 valence electrons. The fourth-order valence-electron chi connectivity index (χ4n) is 3.21. The second-order valence-electron chi connectivity index (χ2n) is 5.30. The quantitative estimate of drug-likeness (QED) is 0.802. The molecular formula is C14H19N5. The Morgan fingerprint density at radius 1 is 1.05 bits per heavy atom. The fraction of sp³-hybridized carbons (Fsp3) is 0.643. The summed E-state index contributed by atoms with van der Waals surface area (Å²) >= 11 is 0. The van der Waals surface area contributed by atoms with E-state index in [0.29, 0.717) is 5.69 Å². The van der Waals surface area contributed by atoms with Crippen LogP contribution in [-0.2, 0) is 0 Å². The number of hydrogen-bond acceptors (Lipinski definition) is 5. The van der Waals surface area contributed by atoms with Gasteiger partial charge in [-0.25, -0.2) is 9.97 Å². The van der Waals surface area contributed by atoms with Crippen LogP contribution >= 0.6 is 0 Å². The largest absolute Gasteiger partial charge is 0.352 e. The minimum Gasteiger partial charge on any atom is -0.352 e. The molecule has 0 amide bonds. The van der Waals surface area contributed by atoms with Gasteiger partial charge < -0.3 is 4.90 Å². The van der Waals surface area contributed by atoms with E-state index in [1.165, 1.54) is 25.7 Å². The number of nitriles is 1. The van der Waals surface area contributed by atoms with E-state index < -0.39 is 0 Å². The van der Waals surface area contributed by atoms with Crippen molar-refractivity contribution >= 4 is 5.82 Å². The summed E-state index contributed by atoms with van der Waals surface area (Å²) in [6.07, 6.45) is 8.72. The van der Waals surface area contributed by atoms with Crippen molar-refractivity contribution in [2.45, 2.75) is 31.7 Å². The molecular weight excluding hydrogens is 238 g/mol. The van der Waals surface area contributed by atoms with Gasteiger partial charge in [-0.05, 0) is 12.8 Å². The lowest BCUT2D eigenvalue weighted by molar-refractivity contribution is 0.187. The standard InChI is InChI=1S/C14H19N5/c15-11-13-14(17-6-5-16-13)19-9-7-18(8-10-19)12-3-1-2-4-12/h5-6,12H,1-4,7-10H2. The van der Waals surface area contributed by atoms with E-state index in [4.69, 9.17) is 5.26 Å². The molecule has 2 heterocycles. The Bertz CT molecular complexity index is 467. The lowest BCUT2D eigenvalue weighted by Gasteiger charge is -2.38. The van der Waals surface area contributed by atoms with E-state index in [-0.39, 0.29) is 0 Å². The van der Waals surface area contributed by atoms with Crippen LogP contribution in [0.4, 0.5) is 5.82 Å². The summed E-state index contributed by atoms with van der Waals surface area (Å²) in [5, 5.41) is 9.08. The van der Waals surface area contributed by atoms with Crippen molar-refractivity contribution in [2.24, 2.45) is 0 Å². The zero-order valence-electron chi connectivity index (χ0n) is 11.1. The maximum atomic E-state index is 9.08. The van der Waals surface area contributed by atoms with Crippen LogP contribution in [0.5, 0.6) is 0 Å². The minimum atomic E-state index is 0.441. The molecule has 1 saturated carbocycles. The van der Waals surface area contributed by atoms with Crippen LogP contribution in [0.15, 0.2) is 12.4 Å². The van der Waals surface area contributed by atoms with Gasteiger partial charge in [0.05, 0.1) is 0 Å². The monoisotopic (exact) mass is 257 g/mol. The molecule has 1 aliphatic carbocycles. The van der Waals surface area contributed by atoms with Gasteiger partial charge in [0.15, 0.2) is 11.5 Å². The highest BCUT2D eigenvalue weighted by atomic mass is 15.3. The molecule has 5 heteroatoms. The molecule has 0 spiro atoms. The average molecular weight is 257 g/mol. The van der Waals surface area contributed by atoms with Crippen LogP contribution in [0.2, 0.25) is 0 Å². The van der Waals surface area contributed by atoms with Gasteiger partial charge in [0.2, 0.25) is 0 Å². The van der Waals surface area contributed by atoms with Crippen LogP contribution in [0, 0.1) is 11.3 Å². The van der Waals surface area contributed by atoms with Crippen molar-refractivity contribution in [3.63, 3.8) is 0 Å². The third kappa shape index (κ3) is 2.54. The Labute approximate surface area is 113 Å². The highest BCUT2D eigenvalue weighted by molar-refractivity contribution is 5.49. The molecule has 1 saturated heterocycles. The van der Waals surface area contributed by atoms with E-state index in [1.54, 1.807) is 12.4 Å². The summed E-state index contributed by atoms with van der Waals surface area (Å²) in [5.74, 6) is 0.746. The van der Waals surface area contributed by atoms with Gasteiger partial charge in [0.1, 0.15) is 6.07 Å². The fourth-order valence-corrected chi connectivity index (χ4v) is 3.21. The molecule has 2 fully saturated rings. The van der Waals surface area contributed by atoms with Crippen molar-refractivity contribution in [2.75, 3.05) is 31.1 Å². The number of aromatic nitrogens is 2. The van der Waals surface area contributed by atoms with Crippen molar-refractivity contribution in [1.29, 1.82) is 5.26 Å². The minimum absolute atomic E-state index is 0.441. The molecule has 0 atom stereocenters. The molecule has 3 rings (SSSR count). The maximum absolute atomic E-state index is 9.08. The van der Waals surface area contributed by atoms with Gasteiger partial charge >= 0.3 is 0 Å². The first kappa shape index (κ1) is 12.4. The zero-order valence-corrected chi connectivity index (χ0v) is 11.1. The Morgan fingerprint density at radius 3 is 2.42 bits per heavy atom. The second-order valence-corrected chi connectivity index (χ2v) is 5.30. The smallest absolute Gasteiger partial charge is 0.183 e. The van der Waals surface area contributed by atoms with Crippen LogP contribution in [0.1, 0.15) is 31.4 Å². The van der Waals surface area contributed by atoms with Crippen molar-refractivity contribution in [3.8, 4) is 6.07 Å². The molecule has 5 nitrogen and oxygen atoms in total. The highest BCUT2D eigenvalue weighted by Gasteiger charge is 2.27. The molecule has 19 heavy (non-hydrogen) atoms. The third-order valence-corrected chi connectivity index (χ3v) is 4.24. The third-order valence-electron chi connectivity index (χ3n) is 4.24. The van der Waals surface area contributed by atoms with Crippen molar-refractivity contribution in [1.82, 2.24) is 14.9 Å². The van der Waals surface area contributed by atoms with E-state index in [9.17, 15) is 0 Å². The number of anilines is 1. The molecule has 0 bridgehead atoms. The van der Waals surface area contributed by atoms with E-state index in [1.807, 2.05) is 0 Å². The molecule has 2 aliphatic rings. The number of rotatable bonds is 2. The summed E-state index contributed by atoms with van der Waals surface area (Å²) < 4.78 is 0. The average Bonchev–Trinajstić information content (AvgIpc) is 3.02. The summed E-state index contributed by atoms with van der Waals surface area (Å²) in [4.78, 5) is 13.2. The summed E-state index contributed by atoms with van der Waals surface area (Å²) in [6.45, 7) is 4.05. The molecule has 0 radical (unpaired) electrons. The number of nitrogens with zero attached hydrogens (tertiary/aromatic N) is 5. The Kier molecular flexibility index (Phi) is 3.60. The predicted octanol–water partition coefficient (Wildman–Crippen LogP) is 1.41. The highest BCUT2D eigenvalue weighted by Crippen LogP contribution is 2.25. The van der Waals surface area contributed by atoms with Crippen LogP contribution < -0.4 is 4.90 Å². The van der Waals surface area contributed by atoms with Gasteiger partial charge in [0, 0.05) is 44.6 Å². The number of hydrogen-bond donors (Lipinski definition) is 0. The Balaban J connectivity index is 1.65. The van der Waals surface area contributed by atoms with E-state index in [0.717, 1.165) is 38.0 Å². The van der Waals surface area contributed by atoms with Gasteiger partial charge in [-0.3, -0.25) is 4.90 Å². The lowest BCUT2D eigenvalue weighted by Crippen LogP contribution is -2.50. The Morgan fingerprint density at radius 2 is 1.74 bits per heavy atom. The first-order chi connectivity index (χ1) is 9.38.